The fourth-order valence-electron chi connectivity index (χ4n) is 2.91. The maximum Gasteiger partial charge on any atom is 0.311 e. The van der Waals surface area contributed by atoms with Gasteiger partial charge in [-0.3, -0.25) is 4.79 Å². The first-order valence-corrected chi connectivity index (χ1v) is 9.51. The van der Waals surface area contributed by atoms with E-state index in [1.165, 1.54) is 16.9 Å². The van der Waals surface area contributed by atoms with Gasteiger partial charge in [0.05, 0.1) is 22.8 Å². The van der Waals surface area contributed by atoms with E-state index in [4.69, 9.17) is 39.5 Å². The molecule has 1 heterocycles. The number of hydrogen-bond donors (Lipinski definition) is 0. The van der Waals surface area contributed by atoms with Crippen LogP contribution in [0.5, 0.6) is 11.5 Å². The van der Waals surface area contributed by atoms with E-state index in [0.717, 1.165) is 16.3 Å². The standard InChI is InChI=1S/C21H13Cl3N2O2/c22-17-9-8-15(10-18(17)23)28-20-19(24)11-25-26(21(20)27)12-14-6-3-5-13-4-1-2-7-16(13)14/h1-11H,12H2. The fraction of sp³-hybridized carbons (Fsp3) is 0.0476. The highest BCUT2D eigenvalue weighted by molar-refractivity contribution is 6.42. The predicted molar refractivity (Wildman–Crippen MR) is 113 cm³/mol. The Morgan fingerprint density at radius 1 is 0.893 bits per heavy atom. The topological polar surface area (TPSA) is 44.1 Å². The van der Waals surface area contributed by atoms with Crippen LogP contribution in [0.3, 0.4) is 0 Å². The molecule has 0 N–H and O–H groups in total. The Hall–Kier alpha value is -2.53. The van der Waals surface area contributed by atoms with Gasteiger partial charge in [-0.05, 0) is 28.5 Å². The van der Waals surface area contributed by atoms with Crippen LogP contribution in [0.1, 0.15) is 5.56 Å². The summed E-state index contributed by atoms with van der Waals surface area (Å²) >= 11 is 18.1. The normalized spacial score (nSPS) is 11.0. The van der Waals surface area contributed by atoms with Crippen molar-refractivity contribution in [1.29, 1.82) is 0 Å². The number of halogens is 3. The number of hydrogen-bond acceptors (Lipinski definition) is 3. The largest absolute Gasteiger partial charge is 0.450 e. The van der Waals surface area contributed by atoms with Crippen LogP contribution in [-0.2, 0) is 6.54 Å². The molecule has 0 radical (unpaired) electrons. The predicted octanol–water partition coefficient (Wildman–Crippen LogP) is 6.20. The third kappa shape index (κ3) is 3.72. The Balaban J connectivity index is 1.72. The van der Waals surface area contributed by atoms with Gasteiger partial charge in [-0.15, -0.1) is 0 Å². The van der Waals surface area contributed by atoms with E-state index in [2.05, 4.69) is 5.10 Å². The zero-order valence-corrected chi connectivity index (χ0v) is 16.7. The lowest BCUT2D eigenvalue weighted by molar-refractivity contribution is 0.459. The minimum Gasteiger partial charge on any atom is -0.450 e. The maximum absolute atomic E-state index is 12.9. The van der Waals surface area contributed by atoms with Crippen molar-refractivity contribution in [3.63, 3.8) is 0 Å². The molecule has 4 aromatic rings. The van der Waals surface area contributed by atoms with E-state index in [9.17, 15) is 4.79 Å². The first kappa shape index (κ1) is 18.8. The van der Waals surface area contributed by atoms with Crippen LogP contribution in [0.25, 0.3) is 10.8 Å². The zero-order chi connectivity index (χ0) is 19.7. The van der Waals surface area contributed by atoms with Gasteiger partial charge in [0.15, 0.2) is 0 Å². The Bertz CT molecular complexity index is 1230. The number of aromatic nitrogens is 2. The van der Waals surface area contributed by atoms with Crippen LogP contribution in [0.4, 0.5) is 0 Å². The van der Waals surface area contributed by atoms with Crippen molar-refractivity contribution in [1.82, 2.24) is 9.78 Å². The molecule has 7 heteroatoms. The summed E-state index contributed by atoms with van der Waals surface area (Å²) in [5, 5.41) is 7.13. The molecule has 0 amide bonds. The van der Waals surface area contributed by atoms with Crippen molar-refractivity contribution in [2.75, 3.05) is 0 Å². The molecule has 4 rings (SSSR count). The molecule has 0 saturated carbocycles. The lowest BCUT2D eigenvalue weighted by Crippen LogP contribution is -2.24. The van der Waals surface area contributed by atoms with E-state index in [0.29, 0.717) is 15.8 Å². The van der Waals surface area contributed by atoms with E-state index in [1.807, 2.05) is 42.5 Å². The maximum atomic E-state index is 12.9. The van der Waals surface area contributed by atoms with Gasteiger partial charge in [0, 0.05) is 6.07 Å². The van der Waals surface area contributed by atoms with Gasteiger partial charge in [-0.2, -0.15) is 5.10 Å². The van der Waals surface area contributed by atoms with Crippen LogP contribution in [0.15, 0.2) is 71.7 Å². The van der Waals surface area contributed by atoms with Crippen LogP contribution < -0.4 is 10.3 Å². The van der Waals surface area contributed by atoms with Crippen molar-refractivity contribution < 1.29 is 4.74 Å². The second kappa shape index (κ2) is 7.84. The van der Waals surface area contributed by atoms with Crippen LogP contribution >= 0.6 is 34.8 Å². The quantitative estimate of drug-likeness (QED) is 0.386. The molecule has 0 aliphatic heterocycles. The highest BCUT2D eigenvalue weighted by Gasteiger charge is 2.14. The van der Waals surface area contributed by atoms with Crippen LogP contribution in [-0.4, -0.2) is 9.78 Å². The number of rotatable bonds is 4. The van der Waals surface area contributed by atoms with Gasteiger partial charge in [0.2, 0.25) is 5.75 Å². The lowest BCUT2D eigenvalue weighted by atomic mass is 10.0. The van der Waals surface area contributed by atoms with Gasteiger partial charge in [-0.1, -0.05) is 77.3 Å². The highest BCUT2D eigenvalue weighted by Crippen LogP contribution is 2.30. The first-order chi connectivity index (χ1) is 13.5. The minimum absolute atomic E-state index is 0.0182. The fourth-order valence-corrected chi connectivity index (χ4v) is 3.36. The van der Waals surface area contributed by atoms with Gasteiger partial charge in [0.1, 0.15) is 10.8 Å². The van der Waals surface area contributed by atoms with E-state index in [1.54, 1.807) is 12.1 Å². The van der Waals surface area contributed by atoms with Crippen LogP contribution in [0.2, 0.25) is 15.1 Å². The molecule has 4 nitrogen and oxygen atoms in total. The summed E-state index contributed by atoms with van der Waals surface area (Å²) in [6, 6.07) is 18.6. The molecule has 0 fully saturated rings. The molecular formula is C21H13Cl3N2O2. The summed E-state index contributed by atoms with van der Waals surface area (Å²) in [4.78, 5) is 12.9. The smallest absolute Gasteiger partial charge is 0.311 e. The van der Waals surface area contributed by atoms with Crippen molar-refractivity contribution in [2.45, 2.75) is 6.54 Å². The Morgan fingerprint density at radius 2 is 1.68 bits per heavy atom. The SMILES string of the molecule is O=c1c(Oc2ccc(Cl)c(Cl)c2)c(Cl)cnn1Cc1cccc2ccccc12. The third-order valence-electron chi connectivity index (χ3n) is 4.27. The van der Waals surface area contributed by atoms with Gasteiger partial charge in [-0.25, -0.2) is 4.68 Å². The first-order valence-electron chi connectivity index (χ1n) is 8.38. The number of nitrogens with zero attached hydrogens (tertiary/aromatic N) is 2. The van der Waals surface area contributed by atoms with Crippen LogP contribution in [0, 0.1) is 0 Å². The Kier molecular flexibility index (Phi) is 5.27. The third-order valence-corrected chi connectivity index (χ3v) is 5.28. The highest BCUT2D eigenvalue weighted by atomic mass is 35.5. The molecule has 3 aromatic carbocycles. The molecule has 0 aliphatic rings. The molecule has 0 unspecified atom stereocenters. The Morgan fingerprint density at radius 3 is 2.50 bits per heavy atom. The summed E-state index contributed by atoms with van der Waals surface area (Å²) in [5.41, 5.74) is 0.530. The summed E-state index contributed by atoms with van der Waals surface area (Å²) in [7, 11) is 0. The molecule has 0 bridgehead atoms. The van der Waals surface area contributed by atoms with Gasteiger partial charge < -0.3 is 4.74 Å². The summed E-state index contributed by atoms with van der Waals surface area (Å²) in [6.07, 6.45) is 1.39. The molecule has 28 heavy (non-hydrogen) atoms. The molecule has 0 aliphatic carbocycles. The summed E-state index contributed by atoms with van der Waals surface area (Å²) in [6.45, 7) is 0.287. The zero-order valence-electron chi connectivity index (χ0n) is 14.4. The van der Waals surface area contributed by atoms with Gasteiger partial charge in [0.25, 0.3) is 0 Å². The van der Waals surface area contributed by atoms with Crippen molar-refractivity contribution >= 4 is 45.6 Å². The van der Waals surface area contributed by atoms with Crippen molar-refractivity contribution in [3.8, 4) is 11.5 Å². The van der Waals surface area contributed by atoms with E-state index >= 15 is 0 Å². The number of ether oxygens (including phenoxy) is 1. The molecule has 0 saturated heterocycles. The molecule has 0 atom stereocenters. The lowest BCUT2D eigenvalue weighted by Gasteiger charge is -2.12. The molecule has 140 valence electrons. The summed E-state index contributed by atoms with van der Waals surface area (Å²) in [5.74, 6) is 0.339. The van der Waals surface area contributed by atoms with E-state index in [-0.39, 0.29) is 17.3 Å². The average molecular weight is 432 g/mol. The van der Waals surface area contributed by atoms with Gasteiger partial charge >= 0.3 is 5.56 Å². The molecule has 0 spiro atoms. The number of benzene rings is 3. The molecule has 1 aromatic heterocycles. The molecular weight excluding hydrogens is 419 g/mol. The average Bonchev–Trinajstić information content (AvgIpc) is 2.70. The monoisotopic (exact) mass is 430 g/mol. The second-order valence-electron chi connectivity index (χ2n) is 6.10. The van der Waals surface area contributed by atoms with Crippen molar-refractivity contribution in [2.24, 2.45) is 0 Å². The Labute approximate surface area is 175 Å². The number of fused-ring (bicyclic) bond motifs is 1. The second-order valence-corrected chi connectivity index (χ2v) is 7.32. The van der Waals surface area contributed by atoms with E-state index < -0.39 is 5.56 Å². The summed E-state index contributed by atoms with van der Waals surface area (Å²) < 4.78 is 7.01. The minimum atomic E-state index is -0.438. The van der Waals surface area contributed by atoms with Crippen molar-refractivity contribution in [3.05, 3.63) is 97.8 Å².